The van der Waals surface area contributed by atoms with Crippen LogP contribution in [-0.2, 0) is 0 Å². The molecule has 10 heavy (non-hydrogen) atoms. The largest absolute Gasteiger partial charge is 0.313 e. The SMILES string of the molecule is C=C/N=C\C=C1/CCNC1. The Balaban J connectivity index is 2.37. The van der Waals surface area contributed by atoms with E-state index < -0.39 is 0 Å². The van der Waals surface area contributed by atoms with Gasteiger partial charge in [-0.2, -0.15) is 0 Å². The maximum Gasteiger partial charge on any atom is 0.0267 e. The van der Waals surface area contributed by atoms with Crippen molar-refractivity contribution in [3.05, 3.63) is 24.4 Å². The lowest BCUT2D eigenvalue weighted by Crippen LogP contribution is -2.04. The van der Waals surface area contributed by atoms with Crippen molar-refractivity contribution in [1.82, 2.24) is 5.32 Å². The molecule has 0 unspecified atom stereocenters. The Bertz CT molecular complexity index is 160. The van der Waals surface area contributed by atoms with E-state index in [0.29, 0.717) is 0 Å². The van der Waals surface area contributed by atoms with Gasteiger partial charge in [-0.15, -0.1) is 0 Å². The summed E-state index contributed by atoms with van der Waals surface area (Å²) in [6.45, 7) is 5.60. The van der Waals surface area contributed by atoms with Crippen molar-refractivity contribution in [2.24, 2.45) is 4.99 Å². The molecule has 0 spiro atoms. The average molecular weight is 136 g/mol. The Hall–Kier alpha value is -0.890. The van der Waals surface area contributed by atoms with E-state index >= 15 is 0 Å². The third kappa shape index (κ3) is 2.15. The monoisotopic (exact) mass is 136 g/mol. The van der Waals surface area contributed by atoms with Gasteiger partial charge in [-0.3, -0.25) is 4.99 Å². The topological polar surface area (TPSA) is 24.4 Å². The van der Waals surface area contributed by atoms with Crippen LogP contribution in [0, 0.1) is 0 Å². The summed E-state index contributed by atoms with van der Waals surface area (Å²) in [5.41, 5.74) is 1.42. The van der Waals surface area contributed by atoms with Gasteiger partial charge >= 0.3 is 0 Å². The molecule has 1 rings (SSSR count). The molecule has 0 atom stereocenters. The van der Waals surface area contributed by atoms with Crippen molar-refractivity contribution in [2.45, 2.75) is 6.42 Å². The molecule has 1 aliphatic rings. The number of allylic oxidation sites excluding steroid dienone is 1. The molecule has 0 aliphatic carbocycles. The fourth-order valence-electron chi connectivity index (χ4n) is 0.938. The highest BCUT2D eigenvalue weighted by molar-refractivity contribution is 5.72. The summed E-state index contributed by atoms with van der Waals surface area (Å²) < 4.78 is 0. The van der Waals surface area contributed by atoms with E-state index in [0.717, 1.165) is 19.5 Å². The molecule has 0 aromatic rings. The molecular weight excluding hydrogens is 124 g/mol. The maximum atomic E-state index is 3.87. The summed E-state index contributed by atoms with van der Waals surface area (Å²) >= 11 is 0. The zero-order chi connectivity index (χ0) is 7.23. The van der Waals surface area contributed by atoms with Crippen LogP contribution in [0.5, 0.6) is 0 Å². The molecule has 1 N–H and O–H groups in total. The Morgan fingerprint density at radius 3 is 3.10 bits per heavy atom. The molecule has 2 heteroatoms. The van der Waals surface area contributed by atoms with Crippen LogP contribution in [0.25, 0.3) is 0 Å². The second-order valence-corrected chi connectivity index (χ2v) is 2.23. The van der Waals surface area contributed by atoms with E-state index in [1.54, 1.807) is 12.4 Å². The molecule has 0 saturated carbocycles. The van der Waals surface area contributed by atoms with Crippen molar-refractivity contribution in [2.75, 3.05) is 13.1 Å². The lowest BCUT2D eigenvalue weighted by atomic mass is 10.2. The molecule has 0 aromatic heterocycles. The van der Waals surface area contributed by atoms with Gasteiger partial charge in [0.2, 0.25) is 0 Å². The van der Waals surface area contributed by atoms with E-state index in [1.165, 1.54) is 5.57 Å². The summed E-state index contributed by atoms with van der Waals surface area (Å²) in [4.78, 5) is 3.87. The van der Waals surface area contributed by atoms with E-state index in [4.69, 9.17) is 0 Å². The minimum Gasteiger partial charge on any atom is -0.313 e. The summed E-state index contributed by atoms with van der Waals surface area (Å²) in [6.07, 6.45) is 6.53. The number of hydrogen-bond acceptors (Lipinski definition) is 2. The van der Waals surface area contributed by atoms with Gasteiger partial charge in [0.25, 0.3) is 0 Å². The fraction of sp³-hybridized carbons (Fsp3) is 0.375. The zero-order valence-corrected chi connectivity index (χ0v) is 6.01. The molecule has 0 bridgehead atoms. The normalized spacial score (nSPS) is 22.6. The Morgan fingerprint density at radius 2 is 2.50 bits per heavy atom. The van der Waals surface area contributed by atoms with Gasteiger partial charge in [0.05, 0.1) is 0 Å². The van der Waals surface area contributed by atoms with Crippen molar-refractivity contribution < 1.29 is 0 Å². The predicted molar refractivity (Wildman–Crippen MR) is 44.3 cm³/mol. The van der Waals surface area contributed by atoms with E-state index in [9.17, 15) is 0 Å². The molecule has 1 saturated heterocycles. The average Bonchev–Trinajstić information content (AvgIpc) is 2.41. The van der Waals surface area contributed by atoms with Gasteiger partial charge in [-0.1, -0.05) is 12.2 Å². The summed E-state index contributed by atoms with van der Waals surface area (Å²) in [5, 5.41) is 3.24. The van der Waals surface area contributed by atoms with Gasteiger partial charge in [-0.25, -0.2) is 0 Å². The standard InChI is InChI=1S/C8H12N2/c1-2-9-5-3-8-4-6-10-7-8/h2-3,5,10H,1,4,6-7H2/b8-3+,9-5-. The quantitative estimate of drug-likeness (QED) is 0.565. The minimum atomic E-state index is 1.02. The van der Waals surface area contributed by atoms with Gasteiger partial charge in [-0.05, 0) is 19.0 Å². The Labute approximate surface area is 61.4 Å². The molecule has 0 radical (unpaired) electrons. The molecule has 2 nitrogen and oxygen atoms in total. The second-order valence-electron chi connectivity index (χ2n) is 2.23. The second kappa shape index (κ2) is 4.01. The first-order valence-corrected chi connectivity index (χ1v) is 3.46. The third-order valence-electron chi connectivity index (χ3n) is 1.48. The van der Waals surface area contributed by atoms with Crippen LogP contribution in [0.1, 0.15) is 6.42 Å². The smallest absolute Gasteiger partial charge is 0.0267 e. The first-order chi connectivity index (χ1) is 4.93. The number of nitrogens with one attached hydrogen (secondary N) is 1. The predicted octanol–water partition coefficient (Wildman–Crippen LogP) is 1.12. The highest BCUT2D eigenvalue weighted by atomic mass is 14.9. The fourth-order valence-corrected chi connectivity index (χ4v) is 0.938. The Morgan fingerprint density at radius 1 is 1.60 bits per heavy atom. The maximum absolute atomic E-state index is 3.87. The highest BCUT2D eigenvalue weighted by Gasteiger charge is 2.02. The van der Waals surface area contributed by atoms with Gasteiger partial charge in [0.15, 0.2) is 0 Å². The number of rotatable bonds is 2. The van der Waals surface area contributed by atoms with Crippen LogP contribution in [0.2, 0.25) is 0 Å². The lowest BCUT2D eigenvalue weighted by molar-refractivity contribution is 0.862. The van der Waals surface area contributed by atoms with Crippen LogP contribution in [-0.4, -0.2) is 19.3 Å². The van der Waals surface area contributed by atoms with E-state index in [1.807, 2.05) is 6.08 Å². The molecule has 0 aromatic carbocycles. The van der Waals surface area contributed by atoms with Crippen LogP contribution in [0.15, 0.2) is 29.4 Å². The van der Waals surface area contributed by atoms with E-state index in [2.05, 4.69) is 16.9 Å². The van der Waals surface area contributed by atoms with Crippen LogP contribution >= 0.6 is 0 Å². The molecule has 1 fully saturated rings. The van der Waals surface area contributed by atoms with Gasteiger partial charge < -0.3 is 5.32 Å². The van der Waals surface area contributed by atoms with Crippen molar-refractivity contribution in [1.29, 1.82) is 0 Å². The summed E-state index contributed by atoms with van der Waals surface area (Å²) in [5.74, 6) is 0. The van der Waals surface area contributed by atoms with Crippen LogP contribution in [0.4, 0.5) is 0 Å². The number of aliphatic imine (C=N–C) groups is 1. The molecule has 54 valence electrons. The lowest BCUT2D eigenvalue weighted by Gasteiger charge is -1.86. The van der Waals surface area contributed by atoms with Gasteiger partial charge in [0.1, 0.15) is 0 Å². The highest BCUT2D eigenvalue weighted by Crippen LogP contribution is 2.03. The van der Waals surface area contributed by atoms with Gasteiger partial charge in [0, 0.05) is 19.0 Å². The third-order valence-corrected chi connectivity index (χ3v) is 1.48. The Kier molecular flexibility index (Phi) is 2.90. The summed E-state index contributed by atoms with van der Waals surface area (Å²) in [6, 6.07) is 0. The van der Waals surface area contributed by atoms with Crippen molar-refractivity contribution >= 4 is 6.21 Å². The summed E-state index contributed by atoms with van der Waals surface area (Å²) in [7, 11) is 0. The number of nitrogens with zero attached hydrogens (tertiary/aromatic N) is 1. The van der Waals surface area contributed by atoms with Crippen LogP contribution < -0.4 is 5.32 Å². The zero-order valence-electron chi connectivity index (χ0n) is 6.01. The van der Waals surface area contributed by atoms with Crippen molar-refractivity contribution in [3.8, 4) is 0 Å². The molecule has 1 heterocycles. The number of hydrogen-bond donors (Lipinski definition) is 1. The minimum absolute atomic E-state index is 1.02. The first kappa shape index (κ1) is 7.22. The first-order valence-electron chi connectivity index (χ1n) is 3.46. The molecule has 1 aliphatic heterocycles. The van der Waals surface area contributed by atoms with Crippen LogP contribution in [0.3, 0.4) is 0 Å². The molecule has 0 amide bonds. The van der Waals surface area contributed by atoms with E-state index in [-0.39, 0.29) is 0 Å². The molecular formula is C8H12N2. The van der Waals surface area contributed by atoms with Crippen molar-refractivity contribution in [3.63, 3.8) is 0 Å².